The number of nitrogens with two attached hydrogens (primary N) is 1. The summed E-state index contributed by atoms with van der Waals surface area (Å²) in [6, 6.07) is -1.05. The molecule has 0 spiro atoms. The van der Waals surface area contributed by atoms with Crippen molar-refractivity contribution in [2.24, 2.45) is 34.5 Å². The van der Waals surface area contributed by atoms with Crippen LogP contribution in [0.2, 0.25) is 0 Å². The molecule has 2 aromatic heterocycles. The number of unbranched alkanes of at least 4 members (excludes halogenated alkanes) is 2. The first-order chi connectivity index (χ1) is 29.2. The first-order valence-corrected chi connectivity index (χ1v) is 23.2. The van der Waals surface area contributed by atoms with E-state index in [-0.39, 0.29) is 72.2 Å². The van der Waals surface area contributed by atoms with Crippen LogP contribution in [0.5, 0.6) is 0 Å². The number of carbonyl (C=O) groups is 3. The van der Waals surface area contributed by atoms with Crippen LogP contribution in [-0.2, 0) is 28.6 Å². The maximum atomic E-state index is 12.7. The van der Waals surface area contributed by atoms with E-state index in [9.17, 15) is 39.9 Å². The molecule has 4 heterocycles. The SMILES string of the molecule is C[C@]12CC[C@@H](OCCCCCC(=O)N[C@@H](CCSC[C@H]3O[C@@H](n4cnc5c(N)ncnc54)[C@H](O)[C@@H]3O)C(=O)O)C[C@H]1CCC1[C@@H]2C[C@@H](O)[C@]2(C)[C@@H](C3=CC(=O)OC3)CC[C@]12O. The monoisotopic (exact) mass is 870 g/mol. The molecule has 5 fully saturated rings. The van der Waals surface area contributed by atoms with Crippen LogP contribution in [0.4, 0.5) is 5.82 Å². The summed E-state index contributed by atoms with van der Waals surface area (Å²) in [7, 11) is 0. The predicted octanol–water partition coefficient (Wildman–Crippen LogP) is 2.89. The van der Waals surface area contributed by atoms with Gasteiger partial charge in [-0.25, -0.2) is 24.5 Å². The molecule has 14 atom stereocenters. The summed E-state index contributed by atoms with van der Waals surface area (Å²) >= 11 is 1.36. The number of aliphatic hydroxyl groups is 4. The number of nitrogens with one attached hydrogen (secondary N) is 1. The molecule has 8 rings (SSSR count). The van der Waals surface area contributed by atoms with Gasteiger partial charge >= 0.3 is 11.9 Å². The van der Waals surface area contributed by atoms with Gasteiger partial charge in [0, 0.05) is 30.3 Å². The molecule has 2 aromatic rings. The molecular formula is C43H62N6O11S. The first kappa shape index (κ1) is 44.2. The highest BCUT2D eigenvalue weighted by Gasteiger charge is 2.70. The Labute approximate surface area is 359 Å². The second-order valence-corrected chi connectivity index (χ2v) is 20.0. The fourth-order valence-corrected chi connectivity index (χ4v) is 13.5. The molecule has 4 saturated carbocycles. The molecule has 1 unspecified atom stereocenters. The van der Waals surface area contributed by atoms with E-state index < -0.39 is 53.7 Å². The number of anilines is 1. The van der Waals surface area contributed by atoms with Gasteiger partial charge in [-0.05, 0) is 111 Å². The number of imidazole rings is 1. The first-order valence-electron chi connectivity index (χ1n) is 22.1. The van der Waals surface area contributed by atoms with Crippen LogP contribution in [0, 0.1) is 34.5 Å². The zero-order valence-corrected chi connectivity index (χ0v) is 35.9. The van der Waals surface area contributed by atoms with E-state index in [4.69, 9.17) is 19.9 Å². The number of carbonyl (C=O) groups excluding carboxylic acids is 2. The summed E-state index contributed by atoms with van der Waals surface area (Å²) in [5, 5.41) is 58.2. The Morgan fingerprint density at radius 3 is 2.64 bits per heavy atom. The molecule has 0 bridgehead atoms. The van der Waals surface area contributed by atoms with Crippen LogP contribution in [-0.4, -0.2) is 130 Å². The predicted molar refractivity (Wildman–Crippen MR) is 222 cm³/mol. The van der Waals surface area contributed by atoms with Gasteiger partial charge < -0.3 is 50.8 Å². The van der Waals surface area contributed by atoms with Gasteiger partial charge in [0.05, 0.1) is 30.2 Å². The second-order valence-electron chi connectivity index (χ2n) is 18.9. The van der Waals surface area contributed by atoms with Crippen LogP contribution in [0.1, 0.15) is 104 Å². The lowest BCUT2D eigenvalue weighted by Crippen LogP contribution is -2.67. The average molecular weight is 871 g/mol. The molecule has 0 radical (unpaired) electrons. The van der Waals surface area contributed by atoms with Crippen LogP contribution >= 0.6 is 11.8 Å². The Morgan fingerprint density at radius 2 is 1.87 bits per heavy atom. The highest BCUT2D eigenvalue weighted by Crippen LogP contribution is 2.70. The fraction of sp³-hybridized carbons (Fsp3) is 0.767. The van der Waals surface area contributed by atoms with Gasteiger partial charge in [-0.1, -0.05) is 20.3 Å². The molecule has 2 aliphatic heterocycles. The molecule has 4 aliphatic carbocycles. The van der Waals surface area contributed by atoms with Crippen molar-refractivity contribution in [2.75, 3.05) is 30.5 Å². The van der Waals surface area contributed by atoms with Crippen LogP contribution in [0.3, 0.4) is 0 Å². The molecule has 61 heavy (non-hydrogen) atoms. The van der Waals surface area contributed by atoms with Crippen LogP contribution in [0.25, 0.3) is 11.2 Å². The van der Waals surface area contributed by atoms with E-state index in [1.165, 1.54) is 29.0 Å². The van der Waals surface area contributed by atoms with Gasteiger partial charge in [-0.3, -0.25) is 9.36 Å². The third-order valence-electron chi connectivity index (χ3n) is 15.9. The number of thioether (sulfide) groups is 1. The number of ether oxygens (including phenoxy) is 3. The molecule has 0 aromatic carbocycles. The molecule has 6 aliphatic rings. The lowest BCUT2D eigenvalue weighted by Gasteiger charge is -2.65. The van der Waals surface area contributed by atoms with Gasteiger partial charge in [0.2, 0.25) is 5.91 Å². The van der Waals surface area contributed by atoms with Crippen molar-refractivity contribution in [3.63, 3.8) is 0 Å². The summed E-state index contributed by atoms with van der Waals surface area (Å²) in [6.45, 7) is 5.26. The van der Waals surface area contributed by atoms with Crippen molar-refractivity contribution in [3.8, 4) is 0 Å². The number of rotatable bonds is 16. The molecule has 1 amide bonds. The van der Waals surface area contributed by atoms with E-state index in [1.807, 2.05) is 6.92 Å². The normalized spacial score (nSPS) is 38.7. The average Bonchev–Trinajstić information content (AvgIpc) is 3.99. The Bertz CT molecular complexity index is 1990. The summed E-state index contributed by atoms with van der Waals surface area (Å²) < 4.78 is 19.1. The van der Waals surface area contributed by atoms with E-state index in [0.717, 1.165) is 56.9 Å². The zero-order valence-electron chi connectivity index (χ0n) is 35.1. The van der Waals surface area contributed by atoms with Crippen LogP contribution < -0.4 is 11.1 Å². The number of esters is 1. The number of cyclic esters (lactones) is 1. The van der Waals surface area contributed by atoms with Gasteiger partial charge in [-0.2, -0.15) is 11.8 Å². The zero-order chi connectivity index (χ0) is 43.3. The number of nitrogen functional groups attached to an aromatic ring is 1. The van der Waals surface area contributed by atoms with Crippen molar-refractivity contribution in [2.45, 2.75) is 146 Å². The van der Waals surface area contributed by atoms with E-state index in [1.54, 1.807) is 6.08 Å². The summed E-state index contributed by atoms with van der Waals surface area (Å²) in [6.07, 6.45) is 9.09. The van der Waals surface area contributed by atoms with Gasteiger partial charge in [0.15, 0.2) is 17.7 Å². The van der Waals surface area contributed by atoms with Crippen molar-refractivity contribution in [3.05, 3.63) is 24.3 Å². The summed E-state index contributed by atoms with van der Waals surface area (Å²) in [5.41, 5.74) is 5.81. The van der Waals surface area contributed by atoms with Gasteiger partial charge in [0.25, 0.3) is 0 Å². The molecule has 336 valence electrons. The maximum absolute atomic E-state index is 12.7. The minimum Gasteiger partial charge on any atom is -0.480 e. The Kier molecular flexibility index (Phi) is 12.8. The number of hydrogen-bond donors (Lipinski definition) is 7. The fourth-order valence-electron chi connectivity index (χ4n) is 12.4. The smallest absolute Gasteiger partial charge is 0.331 e. The lowest BCUT2D eigenvalue weighted by molar-refractivity contribution is -0.245. The van der Waals surface area contributed by atoms with Crippen molar-refractivity contribution in [1.29, 1.82) is 0 Å². The number of nitrogens with zero attached hydrogens (tertiary/aromatic N) is 4. The molecular weight excluding hydrogens is 809 g/mol. The number of carboxylic acid groups (broad SMARTS) is 1. The van der Waals surface area contributed by atoms with Crippen molar-refractivity contribution in [1.82, 2.24) is 24.8 Å². The quantitative estimate of drug-likeness (QED) is 0.0945. The number of carboxylic acids is 1. The number of hydrogen-bond acceptors (Lipinski definition) is 15. The maximum Gasteiger partial charge on any atom is 0.331 e. The number of fused-ring (bicyclic) bond motifs is 6. The molecule has 1 saturated heterocycles. The third-order valence-corrected chi connectivity index (χ3v) is 17.0. The van der Waals surface area contributed by atoms with E-state index in [0.29, 0.717) is 48.7 Å². The number of aromatic nitrogens is 4. The molecule has 8 N–H and O–H groups in total. The highest BCUT2D eigenvalue weighted by molar-refractivity contribution is 7.99. The van der Waals surface area contributed by atoms with Crippen molar-refractivity contribution < 1.29 is 54.1 Å². The lowest BCUT2D eigenvalue weighted by atomic mass is 9.42. The number of aliphatic hydroxyl groups excluding tert-OH is 3. The topological polar surface area (TPSA) is 262 Å². The molecule has 17 nitrogen and oxygen atoms in total. The minimum absolute atomic E-state index is 0.00834. The highest BCUT2D eigenvalue weighted by atomic mass is 32.2. The van der Waals surface area contributed by atoms with Crippen molar-refractivity contribution >= 4 is 46.6 Å². The Hall–Kier alpha value is -3.39. The Morgan fingerprint density at radius 1 is 1.05 bits per heavy atom. The van der Waals surface area contributed by atoms with Gasteiger partial charge in [0.1, 0.15) is 36.7 Å². The summed E-state index contributed by atoms with van der Waals surface area (Å²) in [4.78, 5) is 48.9. The van der Waals surface area contributed by atoms with E-state index in [2.05, 4.69) is 27.2 Å². The standard InChI is InChI=1S/C43H62N6O11S/c1-41-12-9-25(17-24(41)7-8-27-28(41)18-31(50)42(2)26(10-13-43(27,42)57)23-16-33(52)59-19-23)58-14-5-3-4-6-32(51)48-29(40(55)56)11-15-61-20-30-35(53)36(54)39(60-30)49-22-47-34-37(44)45-21-46-38(34)49/h16,21-22,24-31,35-36,39,50,53-54,57H,3-15,17-20H2,1-2H3,(H,48,51)(H,55,56)(H2,44,45,46)/t24-,25-,26-,27?,28+,29+,30-,31-,35-,36-,39-,41+,42+,43+/m1/s1. The van der Waals surface area contributed by atoms with E-state index >= 15 is 0 Å². The number of amides is 1. The van der Waals surface area contributed by atoms with Crippen LogP contribution in [0.15, 0.2) is 24.3 Å². The van der Waals surface area contributed by atoms with Gasteiger partial charge in [-0.15, -0.1) is 0 Å². The third kappa shape index (κ3) is 8.07. The second kappa shape index (κ2) is 17.6. The largest absolute Gasteiger partial charge is 0.480 e. The Balaban J connectivity index is 0.724. The minimum atomic E-state index is -1.25. The number of aliphatic carboxylic acids is 1. The molecule has 18 heteroatoms. The summed E-state index contributed by atoms with van der Waals surface area (Å²) in [5.74, 6) is -0.203.